The molecule has 2 heteroatoms. The van der Waals surface area contributed by atoms with Gasteiger partial charge in [0.2, 0.25) is 0 Å². The van der Waals surface area contributed by atoms with Crippen molar-refractivity contribution in [3.63, 3.8) is 0 Å². The van der Waals surface area contributed by atoms with E-state index in [-0.39, 0.29) is 0 Å². The third-order valence-electron chi connectivity index (χ3n) is 4.23. The summed E-state index contributed by atoms with van der Waals surface area (Å²) in [6, 6.07) is 11.3. The first-order chi connectivity index (χ1) is 9.40. The molecule has 1 atom stereocenters. The zero-order chi connectivity index (χ0) is 13.3. The maximum atomic E-state index is 3.46. The molecular weight excluding hydrogens is 232 g/mol. The molecule has 2 nitrogen and oxygen atoms in total. The fourth-order valence-electron chi connectivity index (χ4n) is 3.01. The Labute approximate surface area is 118 Å². The molecule has 0 spiro atoms. The molecule has 1 aliphatic heterocycles. The summed E-state index contributed by atoms with van der Waals surface area (Å²) in [5.41, 5.74) is 1.41. The maximum absolute atomic E-state index is 3.46. The Bertz CT molecular complexity index is 328. The van der Waals surface area contributed by atoms with Gasteiger partial charge < -0.3 is 10.2 Å². The molecule has 1 aromatic rings. The summed E-state index contributed by atoms with van der Waals surface area (Å²) >= 11 is 0. The second kappa shape index (κ2) is 8.34. The highest BCUT2D eigenvalue weighted by atomic mass is 15.1. The van der Waals surface area contributed by atoms with Gasteiger partial charge in [0.1, 0.15) is 0 Å². The van der Waals surface area contributed by atoms with Crippen molar-refractivity contribution in [2.24, 2.45) is 0 Å². The lowest BCUT2D eigenvalue weighted by atomic mass is 10.0. The van der Waals surface area contributed by atoms with Crippen LogP contribution in [0.5, 0.6) is 0 Å². The van der Waals surface area contributed by atoms with Crippen LogP contribution in [0.4, 0.5) is 0 Å². The summed E-state index contributed by atoms with van der Waals surface area (Å²) in [4.78, 5) is 2.66. The van der Waals surface area contributed by atoms with Gasteiger partial charge in [0.15, 0.2) is 0 Å². The fraction of sp³-hybridized carbons (Fsp3) is 0.647. The van der Waals surface area contributed by atoms with Crippen molar-refractivity contribution >= 4 is 0 Å². The number of benzene rings is 1. The van der Waals surface area contributed by atoms with Crippen molar-refractivity contribution in [1.82, 2.24) is 10.2 Å². The van der Waals surface area contributed by atoms with Gasteiger partial charge in [-0.3, -0.25) is 0 Å². The summed E-state index contributed by atoms with van der Waals surface area (Å²) in [5.74, 6) is 0. The Kier molecular flexibility index (Phi) is 6.38. The topological polar surface area (TPSA) is 15.3 Å². The Morgan fingerprint density at radius 1 is 1.00 bits per heavy atom. The fourth-order valence-corrected chi connectivity index (χ4v) is 3.01. The SMILES string of the molecule is CNC(CCN1CCCCCCC1)c1ccccc1. The van der Waals surface area contributed by atoms with Crippen LogP contribution >= 0.6 is 0 Å². The number of hydrogen-bond donors (Lipinski definition) is 1. The van der Waals surface area contributed by atoms with Gasteiger partial charge in [-0.05, 0) is 51.5 Å². The molecule has 0 saturated carbocycles. The normalized spacial score (nSPS) is 19.6. The van der Waals surface area contributed by atoms with Gasteiger partial charge in [0, 0.05) is 6.04 Å². The van der Waals surface area contributed by atoms with E-state index in [0.29, 0.717) is 6.04 Å². The lowest BCUT2D eigenvalue weighted by Gasteiger charge is -2.26. The Hall–Kier alpha value is -0.860. The van der Waals surface area contributed by atoms with Crippen LogP contribution in [0.25, 0.3) is 0 Å². The van der Waals surface area contributed by atoms with Crippen LogP contribution in [-0.4, -0.2) is 31.6 Å². The molecule has 1 fully saturated rings. The van der Waals surface area contributed by atoms with E-state index in [0.717, 1.165) is 0 Å². The quantitative estimate of drug-likeness (QED) is 0.870. The molecule has 0 aliphatic carbocycles. The highest BCUT2D eigenvalue weighted by molar-refractivity contribution is 5.18. The van der Waals surface area contributed by atoms with Crippen LogP contribution in [0, 0.1) is 0 Å². The van der Waals surface area contributed by atoms with E-state index in [4.69, 9.17) is 0 Å². The highest BCUT2D eigenvalue weighted by Gasteiger charge is 2.12. The highest BCUT2D eigenvalue weighted by Crippen LogP contribution is 2.18. The number of likely N-dealkylation sites (tertiary alicyclic amines) is 1. The summed E-state index contributed by atoms with van der Waals surface area (Å²) in [6.07, 6.45) is 8.26. The standard InChI is InChI=1S/C17H28N2/c1-18-17(16-10-6-5-7-11-16)12-15-19-13-8-3-2-4-9-14-19/h5-7,10-11,17-18H,2-4,8-9,12-15H2,1H3. The third-order valence-corrected chi connectivity index (χ3v) is 4.23. The Morgan fingerprint density at radius 3 is 2.26 bits per heavy atom. The van der Waals surface area contributed by atoms with Crippen LogP contribution in [0.15, 0.2) is 30.3 Å². The van der Waals surface area contributed by atoms with Crippen LogP contribution < -0.4 is 5.32 Å². The number of hydrogen-bond acceptors (Lipinski definition) is 2. The van der Waals surface area contributed by atoms with E-state index in [2.05, 4.69) is 47.6 Å². The van der Waals surface area contributed by atoms with E-state index >= 15 is 0 Å². The zero-order valence-corrected chi connectivity index (χ0v) is 12.3. The van der Waals surface area contributed by atoms with Crippen LogP contribution in [0.3, 0.4) is 0 Å². The predicted molar refractivity (Wildman–Crippen MR) is 82.4 cm³/mol. The Balaban J connectivity index is 1.81. The summed E-state index contributed by atoms with van der Waals surface area (Å²) < 4.78 is 0. The molecule has 2 rings (SSSR count). The molecule has 0 amide bonds. The van der Waals surface area contributed by atoms with Gasteiger partial charge >= 0.3 is 0 Å². The van der Waals surface area contributed by atoms with Crippen LogP contribution in [0.1, 0.15) is 50.1 Å². The summed E-state index contributed by atoms with van der Waals surface area (Å²) in [5, 5.41) is 3.46. The van der Waals surface area contributed by atoms with Gasteiger partial charge in [0.05, 0.1) is 0 Å². The lowest BCUT2D eigenvalue weighted by Crippen LogP contribution is -2.31. The monoisotopic (exact) mass is 260 g/mol. The predicted octanol–water partition coefficient (Wildman–Crippen LogP) is 3.60. The van der Waals surface area contributed by atoms with Crippen molar-refractivity contribution in [2.75, 3.05) is 26.7 Å². The first-order valence-electron chi connectivity index (χ1n) is 7.84. The molecule has 1 saturated heterocycles. The van der Waals surface area contributed by atoms with Gasteiger partial charge in [0.25, 0.3) is 0 Å². The van der Waals surface area contributed by atoms with Crippen LogP contribution in [-0.2, 0) is 0 Å². The molecule has 1 aliphatic rings. The molecule has 1 unspecified atom stereocenters. The summed E-state index contributed by atoms with van der Waals surface area (Å²) in [6.45, 7) is 3.82. The van der Waals surface area contributed by atoms with Crippen molar-refractivity contribution in [3.8, 4) is 0 Å². The number of nitrogens with one attached hydrogen (secondary N) is 1. The van der Waals surface area contributed by atoms with Crippen molar-refractivity contribution in [2.45, 2.75) is 44.6 Å². The first kappa shape index (κ1) is 14.5. The molecular formula is C17H28N2. The largest absolute Gasteiger partial charge is 0.313 e. The van der Waals surface area contributed by atoms with Crippen molar-refractivity contribution in [3.05, 3.63) is 35.9 Å². The smallest absolute Gasteiger partial charge is 0.0329 e. The van der Waals surface area contributed by atoms with Crippen LogP contribution in [0.2, 0.25) is 0 Å². The lowest BCUT2D eigenvalue weighted by molar-refractivity contribution is 0.235. The van der Waals surface area contributed by atoms with Gasteiger partial charge in [-0.25, -0.2) is 0 Å². The van der Waals surface area contributed by atoms with E-state index < -0.39 is 0 Å². The average molecular weight is 260 g/mol. The van der Waals surface area contributed by atoms with E-state index in [1.165, 1.54) is 63.7 Å². The minimum atomic E-state index is 0.492. The molecule has 0 radical (unpaired) electrons. The van der Waals surface area contributed by atoms with Gasteiger partial charge in [-0.2, -0.15) is 0 Å². The molecule has 106 valence electrons. The van der Waals surface area contributed by atoms with E-state index in [9.17, 15) is 0 Å². The second-order valence-corrected chi connectivity index (χ2v) is 5.65. The minimum absolute atomic E-state index is 0.492. The summed E-state index contributed by atoms with van der Waals surface area (Å²) in [7, 11) is 2.07. The molecule has 1 heterocycles. The maximum Gasteiger partial charge on any atom is 0.0329 e. The molecule has 19 heavy (non-hydrogen) atoms. The molecule has 1 N–H and O–H groups in total. The van der Waals surface area contributed by atoms with Crippen molar-refractivity contribution in [1.29, 1.82) is 0 Å². The average Bonchev–Trinajstić information content (AvgIpc) is 2.42. The van der Waals surface area contributed by atoms with E-state index in [1.807, 2.05) is 0 Å². The van der Waals surface area contributed by atoms with Gasteiger partial charge in [-0.15, -0.1) is 0 Å². The third kappa shape index (κ3) is 4.96. The first-order valence-corrected chi connectivity index (χ1v) is 7.84. The number of rotatable bonds is 5. The van der Waals surface area contributed by atoms with Gasteiger partial charge in [-0.1, -0.05) is 49.6 Å². The molecule has 0 aromatic heterocycles. The van der Waals surface area contributed by atoms with Crippen molar-refractivity contribution < 1.29 is 0 Å². The van der Waals surface area contributed by atoms with E-state index in [1.54, 1.807) is 0 Å². The Morgan fingerprint density at radius 2 is 1.63 bits per heavy atom. The zero-order valence-electron chi connectivity index (χ0n) is 12.3. The number of nitrogens with zero attached hydrogens (tertiary/aromatic N) is 1. The molecule has 1 aromatic carbocycles. The second-order valence-electron chi connectivity index (χ2n) is 5.65. The minimum Gasteiger partial charge on any atom is -0.313 e. The molecule has 0 bridgehead atoms.